The number of nitrogens with one attached hydrogen (secondary N) is 1. The third-order valence-corrected chi connectivity index (χ3v) is 5.57. The topological polar surface area (TPSA) is 67.6 Å². The second-order valence-corrected chi connectivity index (χ2v) is 7.88. The molecule has 1 aromatic carbocycles. The lowest BCUT2D eigenvalue weighted by molar-refractivity contribution is -0.0582. The fraction of sp³-hybridized carbons (Fsp3) is 0.455. The minimum Gasteiger partial charge on any atom is -0.490 e. The van der Waals surface area contributed by atoms with Crippen molar-refractivity contribution in [3.8, 4) is 5.75 Å². The number of benzene rings is 1. The number of likely N-dealkylation sites (tertiary alicyclic amines) is 1. The summed E-state index contributed by atoms with van der Waals surface area (Å²) >= 11 is 0. The lowest BCUT2D eigenvalue weighted by Crippen LogP contribution is -2.39. The van der Waals surface area contributed by atoms with Crippen LogP contribution in [0.3, 0.4) is 0 Å². The van der Waals surface area contributed by atoms with Crippen molar-refractivity contribution in [2.45, 2.75) is 50.6 Å². The number of aromatic nitrogens is 1. The van der Waals surface area contributed by atoms with Gasteiger partial charge in [0.1, 0.15) is 17.7 Å². The Kier molecular flexibility index (Phi) is 6.01. The highest BCUT2D eigenvalue weighted by atomic mass is 19.3. The van der Waals surface area contributed by atoms with E-state index in [1.165, 1.54) is 18.0 Å². The third-order valence-electron chi connectivity index (χ3n) is 5.57. The molecule has 1 N–H and O–H groups in total. The van der Waals surface area contributed by atoms with Gasteiger partial charge in [0.15, 0.2) is 0 Å². The highest BCUT2D eigenvalue weighted by molar-refractivity contribution is 5.89. The van der Waals surface area contributed by atoms with Crippen LogP contribution in [0, 0.1) is 0 Å². The molecule has 1 saturated heterocycles. The summed E-state index contributed by atoms with van der Waals surface area (Å²) in [6.07, 6.45) is 6.94. The van der Waals surface area contributed by atoms with E-state index in [9.17, 15) is 13.6 Å². The largest absolute Gasteiger partial charge is 0.490 e. The van der Waals surface area contributed by atoms with Gasteiger partial charge < -0.3 is 19.5 Å². The summed E-state index contributed by atoms with van der Waals surface area (Å²) in [4.78, 5) is 14.0. The predicted molar refractivity (Wildman–Crippen MR) is 109 cm³/mol. The van der Waals surface area contributed by atoms with Gasteiger partial charge in [-0.25, -0.2) is 13.6 Å². The Morgan fingerprint density at radius 2 is 2.03 bits per heavy atom. The Morgan fingerprint density at radius 1 is 1.27 bits per heavy atom. The number of nitrogens with zero attached hydrogens (tertiary/aromatic N) is 2. The van der Waals surface area contributed by atoms with Gasteiger partial charge in [-0.2, -0.15) is 0 Å². The van der Waals surface area contributed by atoms with E-state index in [-0.39, 0.29) is 25.0 Å². The minimum atomic E-state index is -2.55. The maximum Gasteiger partial charge on any atom is 0.321 e. The van der Waals surface area contributed by atoms with Crippen LogP contribution in [0.1, 0.15) is 44.1 Å². The molecule has 2 amide bonds. The van der Waals surface area contributed by atoms with E-state index in [1.807, 2.05) is 24.3 Å². The summed E-state index contributed by atoms with van der Waals surface area (Å²) in [5.41, 5.74) is 2.82. The van der Waals surface area contributed by atoms with Crippen molar-refractivity contribution in [1.82, 2.24) is 10.1 Å². The summed E-state index contributed by atoms with van der Waals surface area (Å²) < 4.78 is 37.3. The third kappa shape index (κ3) is 5.37. The van der Waals surface area contributed by atoms with Crippen LogP contribution < -0.4 is 10.1 Å². The first-order chi connectivity index (χ1) is 14.5. The number of carbonyl (C=O) groups is 1. The molecular formula is C22H25F2N3O3. The van der Waals surface area contributed by atoms with Crippen LogP contribution in [0.4, 0.5) is 19.3 Å². The molecule has 0 spiro atoms. The van der Waals surface area contributed by atoms with Crippen molar-refractivity contribution in [1.29, 1.82) is 0 Å². The van der Waals surface area contributed by atoms with E-state index in [4.69, 9.17) is 9.26 Å². The van der Waals surface area contributed by atoms with Gasteiger partial charge in [0.05, 0.1) is 12.3 Å². The van der Waals surface area contributed by atoms with E-state index in [0.29, 0.717) is 37.4 Å². The summed E-state index contributed by atoms with van der Waals surface area (Å²) in [5, 5.41) is 6.32. The van der Waals surface area contributed by atoms with Crippen LogP contribution in [0.5, 0.6) is 5.75 Å². The molecular weight excluding hydrogens is 392 g/mol. The fourth-order valence-electron chi connectivity index (χ4n) is 3.85. The zero-order valence-corrected chi connectivity index (χ0v) is 16.7. The van der Waals surface area contributed by atoms with Crippen molar-refractivity contribution in [2.75, 3.05) is 18.4 Å². The van der Waals surface area contributed by atoms with Gasteiger partial charge >= 0.3 is 6.03 Å². The van der Waals surface area contributed by atoms with Gasteiger partial charge in [0, 0.05) is 25.9 Å². The van der Waals surface area contributed by atoms with Gasteiger partial charge in [-0.15, -0.1) is 0 Å². The number of piperidine rings is 1. The molecule has 2 aliphatic rings. The summed E-state index contributed by atoms with van der Waals surface area (Å²) in [6.45, 7) is 1.27. The van der Waals surface area contributed by atoms with Crippen LogP contribution in [0.15, 0.2) is 46.8 Å². The molecule has 6 nitrogen and oxygen atoms in total. The number of amides is 2. The Bertz CT molecular complexity index is 879. The second-order valence-electron chi connectivity index (χ2n) is 7.88. The zero-order chi connectivity index (χ0) is 21.0. The Balaban J connectivity index is 1.30. The molecule has 2 aromatic rings. The first-order valence-corrected chi connectivity index (χ1v) is 10.3. The van der Waals surface area contributed by atoms with Gasteiger partial charge in [0.25, 0.3) is 0 Å². The predicted octanol–water partition coefficient (Wildman–Crippen LogP) is 5.34. The quantitative estimate of drug-likeness (QED) is 0.729. The molecule has 0 unspecified atom stereocenters. The first-order valence-electron chi connectivity index (χ1n) is 10.3. The standard InChI is InChI=1S/C22H25F2N3O3/c23-22(24)8-4-19(5-9-22)30-20-3-1-2-17(13-20)12-16-6-10-27(11-7-16)21(28)26-18-14-25-29-15-18/h1-3,12-15,19H,4-11H2,(H,26,28). The van der Waals surface area contributed by atoms with Crippen LogP contribution in [0.25, 0.3) is 6.08 Å². The summed E-state index contributed by atoms with van der Waals surface area (Å²) in [5.74, 6) is -1.84. The number of urea groups is 1. The smallest absolute Gasteiger partial charge is 0.321 e. The molecule has 30 heavy (non-hydrogen) atoms. The van der Waals surface area contributed by atoms with Crippen molar-refractivity contribution in [2.24, 2.45) is 0 Å². The molecule has 4 rings (SSSR count). The van der Waals surface area contributed by atoms with Crippen molar-refractivity contribution in [3.05, 3.63) is 47.9 Å². The van der Waals surface area contributed by atoms with E-state index in [0.717, 1.165) is 18.4 Å². The molecule has 2 heterocycles. The van der Waals surface area contributed by atoms with Gasteiger partial charge in [-0.3, -0.25) is 0 Å². The molecule has 0 radical (unpaired) electrons. The number of hydrogen-bond donors (Lipinski definition) is 1. The van der Waals surface area contributed by atoms with E-state index >= 15 is 0 Å². The lowest BCUT2D eigenvalue weighted by Gasteiger charge is -2.29. The maximum absolute atomic E-state index is 13.3. The fourth-order valence-corrected chi connectivity index (χ4v) is 3.85. The molecule has 8 heteroatoms. The van der Waals surface area contributed by atoms with Crippen molar-refractivity contribution >= 4 is 17.8 Å². The second kappa shape index (κ2) is 8.85. The molecule has 1 aromatic heterocycles. The van der Waals surface area contributed by atoms with Crippen molar-refractivity contribution < 1.29 is 22.8 Å². The van der Waals surface area contributed by atoms with Crippen LogP contribution >= 0.6 is 0 Å². The maximum atomic E-state index is 13.3. The average Bonchev–Trinajstić information content (AvgIpc) is 3.23. The lowest BCUT2D eigenvalue weighted by atomic mass is 9.94. The number of rotatable bonds is 4. The van der Waals surface area contributed by atoms with Gasteiger partial charge in [0.2, 0.25) is 5.92 Å². The van der Waals surface area contributed by atoms with Gasteiger partial charge in [-0.1, -0.05) is 28.9 Å². The highest BCUT2D eigenvalue weighted by Crippen LogP contribution is 2.35. The number of halogens is 2. The Hall–Kier alpha value is -2.90. The monoisotopic (exact) mass is 417 g/mol. The number of alkyl halides is 2. The average molecular weight is 417 g/mol. The summed E-state index contributed by atoms with van der Waals surface area (Å²) in [6, 6.07) is 7.57. The molecule has 0 atom stereocenters. The van der Waals surface area contributed by atoms with E-state index < -0.39 is 5.92 Å². The molecule has 2 fully saturated rings. The van der Waals surface area contributed by atoms with Crippen LogP contribution in [0.2, 0.25) is 0 Å². The molecule has 1 aliphatic heterocycles. The Labute approximate surface area is 173 Å². The van der Waals surface area contributed by atoms with Crippen LogP contribution in [-0.4, -0.2) is 41.2 Å². The zero-order valence-electron chi connectivity index (χ0n) is 16.7. The van der Waals surface area contributed by atoms with E-state index in [2.05, 4.69) is 16.5 Å². The molecule has 0 bridgehead atoms. The van der Waals surface area contributed by atoms with Gasteiger partial charge in [-0.05, 0) is 43.4 Å². The number of anilines is 1. The summed E-state index contributed by atoms with van der Waals surface area (Å²) in [7, 11) is 0. The van der Waals surface area contributed by atoms with E-state index in [1.54, 1.807) is 4.90 Å². The highest BCUT2D eigenvalue weighted by Gasteiger charge is 2.35. The van der Waals surface area contributed by atoms with Crippen LogP contribution in [-0.2, 0) is 0 Å². The number of carbonyl (C=O) groups excluding carboxylic acids is 1. The molecule has 160 valence electrons. The number of ether oxygens (including phenoxy) is 1. The SMILES string of the molecule is O=C(Nc1cnoc1)N1CCC(=Cc2cccc(OC3CCC(F)(F)CC3)c2)CC1. The first kappa shape index (κ1) is 20.4. The van der Waals surface area contributed by atoms with Crippen molar-refractivity contribution in [3.63, 3.8) is 0 Å². The Morgan fingerprint density at radius 3 is 2.73 bits per heavy atom. The normalized spacial score (nSPS) is 19.4. The molecule has 1 saturated carbocycles. The molecule has 1 aliphatic carbocycles. The number of hydrogen-bond acceptors (Lipinski definition) is 4. The minimum absolute atomic E-state index is 0.109.